The fourth-order valence-electron chi connectivity index (χ4n) is 1.34. The van der Waals surface area contributed by atoms with Gasteiger partial charge < -0.3 is 9.84 Å². The Morgan fingerprint density at radius 3 is 2.29 bits per heavy atom. The van der Waals surface area contributed by atoms with E-state index in [2.05, 4.69) is 0 Å². The van der Waals surface area contributed by atoms with E-state index in [1.54, 1.807) is 30.3 Å². The average Bonchev–Trinajstić information content (AvgIpc) is 2.35. The predicted octanol–water partition coefficient (Wildman–Crippen LogP) is 3.76. The number of hydrogen-bond acceptors (Lipinski definition) is 2. The highest BCUT2D eigenvalue weighted by atomic mass is 35.5. The summed E-state index contributed by atoms with van der Waals surface area (Å²) in [6.45, 7) is -0.0180. The lowest BCUT2D eigenvalue weighted by Crippen LogP contribution is -1.87. The van der Waals surface area contributed by atoms with Crippen molar-refractivity contribution in [2.45, 2.75) is 6.61 Å². The largest absolute Gasteiger partial charge is 0.457 e. The van der Waals surface area contributed by atoms with Gasteiger partial charge in [0.1, 0.15) is 17.3 Å². The van der Waals surface area contributed by atoms with E-state index < -0.39 is 5.82 Å². The fourth-order valence-corrected chi connectivity index (χ4v) is 1.46. The van der Waals surface area contributed by atoms with Crippen LogP contribution in [0.25, 0.3) is 0 Å². The van der Waals surface area contributed by atoms with E-state index in [1.165, 1.54) is 12.1 Å². The predicted molar refractivity (Wildman–Crippen MR) is 63.8 cm³/mol. The Morgan fingerprint density at radius 1 is 1.06 bits per heavy atom. The number of aliphatic hydroxyl groups excluding tert-OH is 1. The van der Waals surface area contributed by atoms with Gasteiger partial charge in [0.05, 0.1) is 11.6 Å². The van der Waals surface area contributed by atoms with Crippen LogP contribution in [0.4, 0.5) is 4.39 Å². The zero-order valence-corrected chi connectivity index (χ0v) is 9.62. The summed E-state index contributed by atoms with van der Waals surface area (Å²) in [6, 6.07) is 11.1. The van der Waals surface area contributed by atoms with Crippen molar-refractivity contribution in [3.8, 4) is 11.5 Å². The molecule has 0 spiro atoms. The molecule has 0 aliphatic heterocycles. The molecule has 0 saturated carbocycles. The molecule has 0 aromatic heterocycles. The quantitative estimate of drug-likeness (QED) is 0.901. The van der Waals surface area contributed by atoms with Crippen LogP contribution in [0, 0.1) is 5.82 Å². The molecule has 2 nitrogen and oxygen atoms in total. The standard InChI is InChI=1S/C13H10ClFO2/c14-12-6-5-11(7-13(12)15)17-10-3-1-9(8-16)2-4-10/h1-7,16H,8H2. The minimum atomic E-state index is -0.517. The first kappa shape index (κ1) is 11.9. The van der Waals surface area contributed by atoms with Crippen LogP contribution >= 0.6 is 11.6 Å². The van der Waals surface area contributed by atoms with E-state index in [4.69, 9.17) is 21.4 Å². The van der Waals surface area contributed by atoms with Crippen molar-refractivity contribution in [3.63, 3.8) is 0 Å². The normalized spacial score (nSPS) is 10.3. The number of benzene rings is 2. The third-order valence-corrected chi connectivity index (χ3v) is 2.54. The Morgan fingerprint density at radius 2 is 1.71 bits per heavy atom. The molecule has 4 heteroatoms. The fraction of sp³-hybridized carbons (Fsp3) is 0.0769. The van der Waals surface area contributed by atoms with E-state index in [0.29, 0.717) is 11.5 Å². The highest BCUT2D eigenvalue weighted by molar-refractivity contribution is 6.30. The third-order valence-electron chi connectivity index (χ3n) is 2.23. The van der Waals surface area contributed by atoms with E-state index in [9.17, 15) is 4.39 Å². The molecule has 0 aliphatic rings. The lowest BCUT2D eigenvalue weighted by atomic mass is 10.2. The maximum atomic E-state index is 13.2. The Balaban J connectivity index is 2.16. The van der Waals surface area contributed by atoms with Gasteiger partial charge in [-0.1, -0.05) is 23.7 Å². The SMILES string of the molecule is OCc1ccc(Oc2ccc(Cl)c(F)c2)cc1. The van der Waals surface area contributed by atoms with Crippen LogP contribution in [0.5, 0.6) is 11.5 Å². The molecule has 0 radical (unpaired) electrons. The summed E-state index contributed by atoms with van der Waals surface area (Å²) < 4.78 is 18.6. The first-order valence-corrected chi connectivity index (χ1v) is 5.39. The lowest BCUT2D eigenvalue weighted by molar-refractivity contribution is 0.281. The second kappa shape index (κ2) is 5.17. The lowest BCUT2D eigenvalue weighted by Gasteiger charge is -2.06. The molecule has 0 fully saturated rings. The van der Waals surface area contributed by atoms with Gasteiger partial charge in [0.2, 0.25) is 0 Å². The summed E-state index contributed by atoms with van der Waals surface area (Å²) >= 11 is 5.56. The summed E-state index contributed by atoms with van der Waals surface area (Å²) in [4.78, 5) is 0. The Bertz CT molecular complexity index is 511. The summed E-state index contributed by atoms with van der Waals surface area (Å²) in [5.41, 5.74) is 0.791. The molecular weight excluding hydrogens is 243 g/mol. The van der Waals surface area contributed by atoms with Gasteiger partial charge in [-0.05, 0) is 29.8 Å². The number of rotatable bonds is 3. The van der Waals surface area contributed by atoms with Crippen molar-refractivity contribution in [2.24, 2.45) is 0 Å². The van der Waals surface area contributed by atoms with Crippen LogP contribution in [0.1, 0.15) is 5.56 Å². The van der Waals surface area contributed by atoms with E-state index in [1.807, 2.05) is 0 Å². The van der Waals surface area contributed by atoms with Gasteiger partial charge in [0, 0.05) is 6.07 Å². The molecule has 2 rings (SSSR count). The molecular formula is C13H10ClFO2. The van der Waals surface area contributed by atoms with Crippen molar-refractivity contribution in [2.75, 3.05) is 0 Å². The van der Waals surface area contributed by atoms with Crippen molar-refractivity contribution in [3.05, 3.63) is 58.9 Å². The molecule has 2 aromatic rings. The molecule has 17 heavy (non-hydrogen) atoms. The molecule has 0 aliphatic carbocycles. The van der Waals surface area contributed by atoms with Gasteiger partial charge in [0.25, 0.3) is 0 Å². The van der Waals surface area contributed by atoms with Crippen LogP contribution < -0.4 is 4.74 Å². The highest BCUT2D eigenvalue weighted by Gasteiger charge is 2.03. The smallest absolute Gasteiger partial charge is 0.145 e. The molecule has 0 bridgehead atoms. The van der Waals surface area contributed by atoms with Crippen LogP contribution in [0.2, 0.25) is 5.02 Å². The minimum Gasteiger partial charge on any atom is -0.457 e. The van der Waals surface area contributed by atoms with Crippen molar-refractivity contribution in [1.82, 2.24) is 0 Å². The van der Waals surface area contributed by atoms with E-state index in [0.717, 1.165) is 5.56 Å². The van der Waals surface area contributed by atoms with Crippen molar-refractivity contribution >= 4 is 11.6 Å². The Kier molecular flexibility index (Phi) is 3.61. The van der Waals surface area contributed by atoms with Gasteiger partial charge in [-0.15, -0.1) is 0 Å². The second-order valence-corrected chi connectivity index (χ2v) is 3.89. The van der Waals surface area contributed by atoms with Crippen LogP contribution in [0.15, 0.2) is 42.5 Å². The van der Waals surface area contributed by atoms with Gasteiger partial charge in [-0.25, -0.2) is 4.39 Å². The summed E-state index contributed by atoms with van der Waals surface area (Å²) in [7, 11) is 0. The maximum Gasteiger partial charge on any atom is 0.145 e. The molecule has 0 saturated heterocycles. The van der Waals surface area contributed by atoms with Gasteiger partial charge in [0.15, 0.2) is 0 Å². The van der Waals surface area contributed by atoms with Crippen LogP contribution in [-0.2, 0) is 6.61 Å². The Labute approximate surface area is 103 Å². The maximum absolute atomic E-state index is 13.2. The monoisotopic (exact) mass is 252 g/mol. The number of hydrogen-bond donors (Lipinski definition) is 1. The molecule has 0 heterocycles. The average molecular weight is 253 g/mol. The molecule has 0 unspecified atom stereocenters. The zero-order valence-electron chi connectivity index (χ0n) is 8.86. The first-order chi connectivity index (χ1) is 8.19. The van der Waals surface area contributed by atoms with E-state index >= 15 is 0 Å². The summed E-state index contributed by atoms with van der Waals surface area (Å²) in [5.74, 6) is 0.434. The van der Waals surface area contributed by atoms with Crippen molar-refractivity contribution in [1.29, 1.82) is 0 Å². The van der Waals surface area contributed by atoms with Crippen LogP contribution in [-0.4, -0.2) is 5.11 Å². The third kappa shape index (κ3) is 2.96. The van der Waals surface area contributed by atoms with E-state index in [-0.39, 0.29) is 11.6 Å². The van der Waals surface area contributed by atoms with Gasteiger partial charge in [-0.2, -0.15) is 0 Å². The molecule has 1 N–H and O–H groups in total. The number of halogens is 2. The number of ether oxygens (including phenoxy) is 1. The summed E-state index contributed by atoms with van der Waals surface area (Å²) in [5, 5.41) is 8.94. The molecule has 0 amide bonds. The van der Waals surface area contributed by atoms with Crippen LogP contribution in [0.3, 0.4) is 0 Å². The second-order valence-electron chi connectivity index (χ2n) is 3.48. The zero-order chi connectivity index (χ0) is 12.3. The summed E-state index contributed by atoms with van der Waals surface area (Å²) in [6.07, 6.45) is 0. The molecule has 88 valence electrons. The first-order valence-electron chi connectivity index (χ1n) is 5.02. The highest BCUT2D eigenvalue weighted by Crippen LogP contribution is 2.25. The molecule has 2 aromatic carbocycles. The Hall–Kier alpha value is -1.58. The van der Waals surface area contributed by atoms with Crippen molar-refractivity contribution < 1.29 is 14.2 Å². The molecule has 0 atom stereocenters. The van der Waals surface area contributed by atoms with Gasteiger partial charge in [-0.3, -0.25) is 0 Å². The van der Waals surface area contributed by atoms with Gasteiger partial charge >= 0.3 is 0 Å². The minimum absolute atomic E-state index is 0.0180. The number of aliphatic hydroxyl groups is 1. The topological polar surface area (TPSA) is 29.5 Å².